The fourth-order valence-corrected chi connectivity index (χ4v) is 2.23. The van der Waals surface area contributed by atoms with Gasteiger partial charge in [-0.05, 0) is 42.9 Å². The zero-order valence-electron chi connectivity index (χ0n) is 10.1. The average Bonchev–Trinajstić information content (AvgIpc) is 2.26. The van der Waals surface area contributed by atoms with E-state index in [1.807, 2.05) is 24.3 Å². The molecule has 3 heteroatoms. The standard InChI is InChI=1S/C14H18O3/c1-2-9-17-11-5-3-10(4-6-11)12-7-8-13(12)14(15)16/h3-6,12-13H,2,7-9H2,1H3,(H,15,16). The molecule has 1 saturated carbocycles. The number of benzene rings is 1. The van der Waals surface area contributed by atoms with Crippen molar-refractivity contribution in [2.75, 3.05) is 6.61 Å². The van der Waals surface area contributed by atoms with Gasteiger partial charge in [0.1, 0.15) is 5.75 Å². The van der Waals surface area contributed by atoms with E-state index in [4.69, 9.17) is 9.84 Å². The predicted octanol–water partition coefficient (Wildman–Crippen LogP) is 3.05. The molecular weight excluding hydrogens is 216 g/mol. The zero-order valence-corrected chi connectivity index (χ0v) is 10.1. The highest BCUT2D eigenvalue weighted by molar-refractivity contribution is 5.72. The summed E-state index contributed by atoms with van der Waals surface area (Å²) in [6, 6.07) is 7.85. The summed E-state index contributed by atoms with van der Waals surface area (Å²) in [4.78, 5) is 10.9. The molecule has 2 atom stereocenters. The summed E-state index contributed by atoms with van der Waals surface area (Å²) in [5, 5.41) is 9.01. The van der Waals surface area contributed by atoms with Gasteiger partial charge in [0.25, 0.3) is 0 Å². The number of carbonyl (C=O) groups is 1. The number of rotatable bonds is 5. The van der Waals surface area contributed by atoms with Crippen LogP contribution in [0.3, 0.4) is 0 Å². The minimum absolute atomic E-state index is 0.188. The summed E-state index contributed by atoms with van der Waals surface area (Å²) in [5.41, 5.74) is 1.12. The predicted molar refractivity (Wildman–Crippen MR) is 65.3 cm³/mol. The summed E-state index contributed by atoms with van der Waals surface area (Å²) >= 11 is 0. The molecule has 1 aliphatic rings. The van der Waals surface area contributed by atoms with Crippen molar-refractivity contribution in [2.24, 2.45) is 5.92 Å². The quantitative estimate of drug-likeness (QED) is 0.851. The molecule has 17 heavy (non-hydrogen) atoms. The molecular formula is C14H18O3. The molecule has 1 aromatic carbocycles. The van der Waals surface area contributed by atoms with Crippen molar-refractivity contribution >= 4 is 5.97 Å². The Morgan fingerprint density at radius 2 is 2.06 bits per heavy atom. The van der Waals surface area contributed by atoms with E-state index >= 15 is 0 Å². The van der Waals surface area contributed by atoms with Crippen molar-refractivity contribution in [3.8, 4) is 5.75 Å². The van der Waals surface area contributed by atoms with E-state index in [2.05, 4.69) is 6.92 Å². The first kappa shape index (κ1) is 12.0. The van der Waals surface area contributed by atoms with Crippen molar-refractivity contribution < 1.29 is 14.6 Å². The molecule has 0 spiro atoms. The van der Waals surface area contributed by atoms with Gasteiger partial charge in [-0.25, -0.2) is 0 Å². The van der Waals surface area contributed by atoms with Gasteiger partial charge in [0.05, 0.1) is 12.5 Å². The van der Waals surface area contributed by atoms with E-state index in [1.54, 1.807) is 0 Å². The molecule has 92 valence electrons. The molecule has 0 aliphatic heterocycles. The minimum atomic E-state index is -0.674. The lowest BCUT2D eigenvalue weighted by atomic mass is 9.70. The van der Waals surface area contributed by atoms with Crippen LogP contribution in [0.4, 0.5) is 0 Å². The third kappa shape index (κ3) is 2.60. The molecule has 0 heterocycles. The SMILES string of the molecule is CCCOc1ccc(C2CCC2C(=O)O)cc1. The van der Waals surface area contributed by atoms with Crippen LogP contribution in [-0.2, 0) is 4.79 Å². The van der Waals surface area contributed by atoms with E-state index in [-0.39, 0.29) is 11.8 Å². The molecule has 0 aromatic heterocycles. The highest BCUT2D eigenvalue weighted by atomic mass is 16.5. The Labute approximate surface area is 101 Å². The Balaban J connectivity index is 2.00. The Morgan fingerprint density at radius 1 is 1.35 bits per heavy atom. The number of carboxylic acid groups (broad SMARTS) is 1. The highest BCUT2D eigenvalue weighted by Crippen LogP contribution is 2.42. The van der Waals surface area contributed by atoms with Gasteiger partial charge in [0, 0.05) is 0 Å². The van der Waals surface area contributed by atoms with E-state index < -0.39 is 5.97 Å². The van der Waals surface area contributed by atoms with Crippen LogP contribution in [0.25, 0.3) is 0 Å². The summed E-state index contributed by atoms with van der Waals surface area (Å²) in [5.74, 6) is 0.180. The molecule has 0 bridgehead atoms. The topological polar surface area (TPSA) is 46.5 Å². The second-order valence-corrected chi connectivity index (χ2v) is 4.55. The Morgan fingerprint density at radius 3 is 2.53 bits per heavy atom. The minimum Gasteiger partial charge on any atom is -0.494 e. The fourth-order valence-electron chi connectivity index (χ4n) is 2.23. The van der Waals surface area contributed by atoms with Crippen LogP contribution in [0.5, 0.6) is 5.75 Å². The zero-order chi connectivity index (χ0) is 12.3. The first-order valence-electron chi connectivity index (χ1n) is 6.18. The highest BCUT2D eigenvalue weighted by Gasteiger charge is 2.37. The summed E-state index contributed by atoms with van der Waals surface area (Å²) < 4.78 is 5.50. The van der Waals surface area contributed by atoms with Gasteiger partial charge in [0.2, 0.25) is 0 Å². The molecule has 1 fully saturated rings. The summed E-state index contributed by atoms with van der Waals surface area (Å²) in [7, 11) is 0. The van der Waals surface area contributed by atoms with Gasteiger partial charge in [-0.15, -0.1) is 0 Å². The molecule has 2 rings (SSSR count). The van der Waals surface area contributed by atoms with Crippen molar-refractivity contribution in [3.63, 3.8) is 0 Å². The maximum absolute atomic E-state index is 10.9. The second-order valence-electron chi connectivity index (χ2n) is 4.55. The number of hydrogen-bond donors (Lipinski definition) is 1. The van der Waals surface area contributed by atoms with Crippen molar-refractivity contribution in [1.82, 2.24) is 0 Å². The van der Waals surface area contributed by atoms with E-state index in [0.717, 1.165) is 37.2 Å². The lowest BCUT2D eigenvalue weighted by Crippen LogP contribution is -2.30. The van der Waals surface area contributed by atoms with Crippen LogP contribution in [0.1, 0.15) is 37.7 Å². The lowest BCUT2D eigenvalue weighted by Gasteiger charge is -2.33. The van der Waals surface area contributed by atoms with Gasteiger partial charge in [-0.3, -0.25) is 4.79 Å². The second kappa shape index (κ2) is 5.21. The monoisotopic (exact) mass is 234 g/mol. The van der Waals surface area contributed by atoms with Crippen LogP contribution in [-0.4, -0.2) is 17.7 Å². The molecule has 1 aromatic rings. The maximum Gasteiger partial charge on any atom is 0.307 e. The van der Waals surface area contributed by atoms with Gasteiger partial charge in [0.15, 0.2) is 0 Å². The molecule has 1 N–H and O–H groups in total. The number of ether oxygens (including phenoxy) is 1. The number of carboxylic acids is 1. The van der Waals surface area contributed by atoms with Crippen LogP contribution in [0.2, 0.25) is 0 Å². The normalized spacial score (nSPS) is 22.9. The van der Waals surface area contributed by atoms with E-state index in [9.17, 15) is 4.79 Å². The number of hydrogen-bond acceptors (Lipinski definition) is 2. The third-order valence-corrected chi connectivity index (χ3v) is 3.37. The Bertz CT molecular complexity index is 383. The molecule has 2 unspecified atom stereocenters. The van der Waals surface area contributed by atoms with Crippen molar-refractivity contribution in [1.29, 1.82) is 0 Å². The molecule has 3 nitrogen and oxygen atoms in total. The van der Waals surface area contributed by atoms with Crippen molar-refractivity contribution in [2.45, 2.75) is 32.1 Å². The first-order chi connectivity index (χ1) is 8.22. The molecule has 1 aliphatic carbocycles. The Hall–Kier alpha value is -1.51. The molecule has 0 amide bonds. The first-order valence-corrected chi connectivity index (χ1v) is 6.18. The van der Waals surface area contributed by atoms with Gasteiger partial charge in [-0.2, -0.15) is 0 Å². The smallest absolute Gasteiger partial charge is 0.307 e. The van der Waals surface area contributed by atoms with Crippen molar-refractivity contribution in [3.05, 3.63) is 29.8 Å². The van der Waals surface area contributed by atoms with Gasteiger partial charge < -0.3 is 9.84 Å². The summed E-state index contributed by atoms with van der Waals surface area (Å²) in [6.07, 6.45) is 2.77. The maximum atomic E-state index is 10.9. The van der Waals surface area contributed by atoms with Crippen LogP contribution in [0.15, 0.2) is 24.3 Å². The van der Waals surface area contributed by atoms with E-state index in [0.29, 0.717) is 0 Å². The number of aliphatic carboxylic acids is 1. The third-order valence-electron chi connectivity index (χ3n) is 3.37. The molecule has 0 saturated heterocycles. The molecule has 0 radical (unpaired) electrons. The van der Waals surface area contributed by atoms with Crippen LogP contribution < -0.4 is 4.74 Å². The van der Waals surface area contributed by atoms with Gasteiger partial charge >= 0.3 is 5.97 Å². The average molecular weight is 234 g/mol. The van der Waals surface area contributed by atoms with Crippen LogP contribution in [0, 0.1) is 5.92 Å². The Kier molecular flexibility index (Phi) is 3.67. The van der Waals surface area contributed by atoms with Crippen LogP contribution >= 0.6 is 0 Å². The van der Waals surface area contributed by atoms with Gasteiger partial charge in [-0.1, -0.05) is 19.1 Å². The van der Waals surface area contributed by atoms with E-state index in [1.165, 1.54) is 0 Å². The lowest BCUT2D eigenvalue weighted by molar-refractivity contribution is -0.145. The summed E-state index contributed by atoms with van der Waals surface area (Å²) in [6.45, 7) is 2.79. The largest absolute Gasteiger partial charge is 0.494 e. The fraction of sp³-hybridized carbons (Fsp3) is 0.500.